The fourth-order valence-corrected chi connectivity index (χ4v) is 6.36. The predicted molar refractivity (Wildman–Crippen MR) is 161 cm³/mol. The van der Waals surface area contributed by atoms with Gasteiger partial charge in [-0.15, -0.1) is 0 Å². The first-order valence-corrected chi connectivity index (χ1v) is 14.6. The molecular weight excluding hydrogens is 518 g/mol. The second kappa shape index (κ2) is 11.9. The molecule has 2 amide bonds. The number of amides is 2. The molecule has 0 fully saturated rings. The molecule has 1 aliphatic heterocycles. The van der Waals surface area contributed by atoms with E-state index >= 15 is 0 Å². The smallest absolute Gasteiger partial charge is 0.259 e. The van der Waals surface area contributed by atoms with E-state index in [4.69, 9.17) is 0 Å². The van der Waals surface area contributed by atoms with Gasteiger partial charge in [0.25, 0.3) is 11.8 Å². The van der Waals surface area contributed by atoms with Crippen LogP contribution in [0.2, 0.25) is 0 Å². The van der Waals surface area contributed by atoms with Gasteiger partial charge in [-0.25, -0.2) is 4.21 Å². The van der Waals surface area contributed by atoms with Crippen molar-refractivity contribution in [3.63, 3.8) is 0 Å². The number of nitrogens with zero attached hydrogens (tertiary/aromatic N) is 2. The molecule has 204 valence electrons. The van der Waals surface area contributed by atoms with E-state index in [9.17, 15) is 13.8 Å². The average molecular weight is 552 g/mol. The molecule has 7 heteroatoms. The second-order valence-electron chi connectivity index (χ2n) is 9.94. The van der Waals surface area contributed by atoms with Crippen molar-refractivity contribution in [2.24, 2.45) is 0 Å². The SMILES string of the molecule is CCN(CCNC(=O)c1ccc2c(c1)N(Cc1cc(C)ccc1C)C(=O)c1ccccc1[S@]2=O)c1ccccc1. The molecule has 0 radical (unpaired) electrons. The van der Waals surface area contributed by atoms with Crippen LogP contribution in [0.25, 0.3) is 0 Å². The molecule has 0 saturated carbocycles. The zero-order valence-corrected chi connectivity index (χ0v) is 23.8. The summed E-state index contributed by atoms with van der Waals surface area (Å²) in [4.78, 5) is 32.0. The fourth-order valence-electron chi connectivity index (χ4n) is 5.02. The lowest BCUT2D eigenvalue weighted by Gasteiger charge is -2.25. The number of nitrogens with one attached hydrogen (secondary N) is 1. The van der Waals surface area contributed by atoms with Crippen molar-refractivity contribution >= 4 is 34.0 Å². The first-order chi connectivity index (χ1) is 19.4. The highest BCUT2D eigenvalue weighted by Gasteiger charge is 2.31. The van der Waals surface area contributed by atoms with E-state index in [2.05, 4.69) is 35.3 Å². The Balaban J connectivity index is 1.45. The van der Waals surface area contributed by atoms with Crippen LogP contribution in [0.15, 0.2) is 101 Å². The number of benzene rings is 4. The molecule has 0 saturated heterocycles. The zero-order valence-electron chi connectivity index (χ0n) is 23.0. The van der Waals surface area contributed by atoms with Gasteiger partial charge in [-0.3, -0.25) is 9.59 Å². The highest BCUT2D eigenvalue weighted by molar-refractivity contribution is 7.85. The fraction of sp³-hybridized carbons (Fsp3) is 0.212. The summed E-state index contributed by atoms with van der Waals surface area (Å²) in [5, 5.41) is 3.02. The van der Waals surface area contributed by atoms with E-state index in [1.54, 1.807) is 47.4 Å². The van der Waals surface area contributed by atoms with Crippen LogP contribution in [0.4, 0.5) is 11.4 Å². The maximum absolute atomic E-state index is 13.9. The summed E-state index contributed by atoms with van der Waals surface area (Å²) in [7, 11) is -1.57. The standard InChI is InChI=1S/C33H33N3O3S/c1-4-35(27-10-6-5-7-11-27)19-18-34-32(37)25-16-17-31-29(21-25)36(22-26-20-23(2)14-15-24(26)3)33(38)28-12-8-9-13-30(28)40(31)39/h5-17,20-21H,4,18-19,22H2,1-3H3,(H,34,37)/t40-/m1/s1. The minimum absolute atomic E-state index is 0.234. The number of para-hydroxylation sites is 1. The molecule has 1 heterocycles. The zero-order chi connectivity index (χ0) is 28.2. The summed E-state index contributed by atoms with van der Waals surface area (Å²) in [6.07, 6.45) is 0. The van der Waals surface area contributed by atoms with Gasteiger partial charge in [0.2, 0.25) is 0 Å². The molecule has 5 rings (SSSR count). The van der Waals surface area contributed by atoms with Crippen LogP contribution >= 0.6 is 0 Å². The third-order valence-corrected chi connectivity index (χ3v) is 8.78. The maximum atomic E-state index is 13.9. The molecule has 0 unspecified atom stereocenters. The number of carbonyl (C=O) groups is 2. The summed E-state index contributed by atoms with van der Waals surface area (Å²) < 4.78 is 13.7. The van der Waals surface area contributed by atoms with Gasteiger partial charge in [-0.2, -0.15) is 0 Å². The number of rotatable bonds is 8. The van der Waals surface area contributed by atoms with Crippen molar-refractivity contribution in [2.45, 2.75) is 37.1 Å². The quantitative estimate of drug-likeness (QED) is 0.297. The summed E-state index contributed by atoms with van der Waals surface area (Å²) >= 11 is 0. The summed E-state index contributed by atoms with van der Waals surface area (Å²) in [6.45, 7) is 8.36. The van der Waals surface area contributed by atoms with Gasteiger partial charge in [0.15, 0.2) is 0 Å². The van der Waals surface area contributed by atoms with Gasteiger partial charge in [0, 0.05) is 30.9 Å². The van der Waals surface area contributed by atoms with Gasteiger partial charge in [-0.05, 0) is 74.4 Å². The molecule has 4 aromatic carbocycles. The first-order valence-electron chi connectivity index (χ1n) is 13.5. The molecule has 0 bridgehead atoms. The largest absolute Gasteiger partial charge is 0.370 e. The van der Waals surface area contributed by atoms with Crippen molar-refractivity contribution in [2.75, 3.05) is 29.4 Å². The average Bonchev–Trinajstić information content (AvgIpc) is 3.06. The van der Waals surface area contributed by atoms with Gasteiger partial charge in [-0.1, -0.05) is 54.1 Å². The molecule has 0 aliphatic carbocycles. The minimum atomic E-state index is -1.57. The predicted octanol–water partition coefficient (Wildman–Crippen LogP) is 5.89. The number of likely N-dealkylation sites (N-methyl/N-ethyl adjacent to an activating group) is 1. The third-order valence-electron chi connectivity index (χ3n) is 7.28. The first kappa shape index (κ1) is 27.3. The van der Waals surface area contributed by atoms with E-state index in [0.717, 1.165) is 28.9 Å². The Bertz CT molecular complexity index is 1590. The Morgan fingerprint density at radius 1 is 0.900 bits per heavy atom. The Kier molecular flexibility index (Phi) is 8.12. The van der Waals surface area contributed by atoms with Gasteiger partial charge >= 0.3 is 0 Å². The molecular formula is C33H33N3O3S. The highest BCUT2D eigenvalue weighted by atomic mass is 32.2. The minimum Gasteiger partial charge on any atom is -0.370 e. The van der Waals surface area contributed by atoms with Crippen LogP contribution in [0.5, 0.6) is 0 Å². The molecule has 40 heavy (non-hydrogen) atoms. The van der Waals surface area contributed by atoms with Crippen LogP contribution < -0.4 is 15.1 Å². The molecule has 0 aromatic heterocycles. The molecule has 1 aliphatic rings. The summed E-state index contributed by atoms with van der Waals surface area (Å²) in [5.74, 6) is -0.471. The number of hydrogen-bond donors (Lipinski definition) is 1. The van der Waals surface area contributed by atoms with Crippen LogP contribution in [0.3, 0.4) is 0 Å². The lowest BCUT2D eigenvalue weighted by atomic mass is 10.0. The monoisotopic (exact) mass is 551 g/mol. The normalized spacial score (nSPS) is 14.2. The van der Waals surface area contributed by atoms with Crippen molar-refractivity contribution in [3.05, 3.63) is 119 Å². The van der Waals surface area contributed by atoms with Crippen LogP contribution in [0.1, 0.15) is 44.3 Å². The lowest BCUT2D eigenvalue weighted by Crippen LogP contribution is -2.35. The van der Waals surface area contributed by atoms with Crippen molar-refractivity contribution in [3.8, 4) is 0 Å². The molecule has 1 N–H and O–H groups in total. The van der Waals surface area contributed by atoms with E-state index in [0.29, 0.717) is 46.2 Å². The molecule has 4 aromatic rings. The third kappa shape index (κ3) is 5.56. The number of anilines is 2. The highest BCUT2D eigenvalue weighted by Crippen LogP contribution is 2.36. The van der Waals surface area contributed by atoms with Gasteiger partial charge in [0.1, 0.15) is 0 Å². The van der Waals surface area contributed by atoms with E-state index < -0.39 is 10.8 Å². The lowest BCUT2D eigenvalue weighted by molar-refractivity contribution is 0.0950. The summed E-state index contributed by atoms with van der Waals surface area (Å²) in [5.41, 5.74) is 5.58. The van der Waals surface area contributed by atoms with Crippen LogP contribution in [0, 0.1) is 13.8 Å². The topological polar surface area (TPSA) is 69.7 Å². The van der Waals surface area contributed by atoms with Gasteiger partial charge in [0.05, 0.1) is 38.4 Å². The van der Waals surface area contributed by atoms with Crippen molar-refractivity contribution in [1.82, 2.24) is 5.32 Å². The van der Waals surface area contributed by atoms with Gasteiger partial charge < -0.3 is 15.1 Å². The van der Waals surface area contributed by atoms with Crippen molar-refractivity contribution < 1.29 is 13.8 Å². The number of carbonyl (C=O) groups excluding carboxylic acids is 2. The van der Waals surface area contributed by atoms with Crippen molar-refractivity contribution in [1.29, 1.82) is 0 Å². The molecule has 6 nitrogen and oxygen atoms in total. The Morgan fingerprint density at radius 3 is 2.42 bits per heavy atom. The second-order valence-corrected chi connectivity index (χ2v) is 11.4. The van der Waals surface area contributed by atoms with Crippen LogP contribution in [-0.2, 0) is 17.3 Å². The number of aryl methyl sites for hydroxylation is 2. The maximum Gasteiger partial charge on any atom is 0.259 e. The summed E-state index contributed by atoms with van der Waals surface area (Å²) in [6, 6.07) is 28.4. The Hall–Kier alpha value is -4.23. The van der Waals surface area contributed by atoms with E-state index in [1.165, 1.54) is 0 Å². The van der Waals surface area contributed by atoms with Crippen LogP contribution in [-0.4, -0.2) is 35.7 Å². The Labute approximate surface area is 238 Å². The van der Waals surface area contributed by atoms with E-state index in [-0.39, 0.29) is 11.8 Å². The number of fused-ring (bicyclic) bond motifs is 2. The molecule has 1 atom stereocenters. The number of hydrogen-bond acceptors (Lipinski definition) is 4. The van der Waals surface area contributed by atoms with E-state index in [1.807, 2.05) is 44.2 Å². The Morgan fingerprint density at radius 2 is 1.65 bits per heavy atom. The molecule has 0 spiro atoms.